The predicted octanol–water partition coefficient (Wildman–Crippen LogP) is 3.99. The Hall–Kier alpha value is -0.610. The van der Waals surface area contributed by atoms with Crippen LogP contribution in [0.2, 0.25) is 0 Å². The van der Waals surface area contributed by atoms with Crippen LogP contribution in [0.3, 0.4) is 0 Å². The van der Waals surface area contributed by atoms with Gasteiger partial charge in [-0.25, -0.2) is 0 Å². The van der Waals surface area contributed by atoms with E-state index in [4.69, 9.17) is 12.2 Å². The van der Waals surface area contributed by atoms with E-state index in [1.807, 2.05) is 18.2 Å². The first-order valence-corrected chi connectivity index (χ1v) is 7.19. The first-order valence-electron chi connectivity index (χ1n) is 5.99. The van der Waals surface area contributed by atoms with Crippen LogP contribution in [0.25, 0.3) is 0 Å². The van der Waals surface area contributed by atoms with Crippen molar-refractivity contribution in [3.63, 3.8) is 0 Å². The fraction of sp³-hybridized carbons (Fsp3) is 0.462. The Labute approximate surface area is 116 Å². The van der Waals surface area contributed by atoms with E-state index >= 15 is 0 Å². The van der Waals surface area contributed by atoms with Gasteiger partial charge in [-0.3, -0.25) is 0 Å². The van der Waals surface area contributed by atoms with Crippen LogP contribution in [0, 0.1) is 6.92 Å². The molecule has 92 valence electrons. The topological polar surface area (TPSA) is 24.1 Å². The Balaban J connectivity index is 1.95. The summed E-state index contributed by atoms with van der Waals surface area (Å²) in [6, 6.07) is 6.65. The minimum atomic E-state index is 0.558. The lowest BCUT2D eigenvalue weighted by molar-refractivity contribution is 0.634. The van der Waals surface area contributed by atoms with Crippen LogP contribution >= 0.6 is 28.1 Å². The van der Waals surface area contributed by atoms with Gasteiger partial charge in [0.05, 0.1) is 0 Å². The Kier molecular flexibility index (Phi) is 4.40. The van der Waals surface area contributed by atoms with Crippen molar-refractivity contribution in [2.75, 3.05) is 5.32 Å². The second-order valence-corrected chi connectivity index (χ2v) is 5.75. The highest BCUT2D eigenvalue weighted by Crippen LogP contribution is 2.23. The van der Waals surface area contributed by atoms with Gasteiger partial charge in [0, 0.05) is 16.2 Å². The zero-order valence-corrected chi connectivity index (χ0v) is 12.3. The van der Waals surface area contributed by atoms with Crippen LogP contribution in [0.15, 0.2) is 22.7 Å². The minimum absolute atomic E-state index is 0.558. The summed E-state index contributed by atoms with van der Waals surface area (Å²) in [5, 5.41) is 7.38. The van der Waals surface area contributed by atoms with Gasteiger partial charge in [0.1, 0.15) is 0 Å². The minimum Gasteiger partial charge on any atom is -0.360 e. The summed E-state index contributed by atoms with van der Waals surface area (Å²) in [7, 11) is 0. The quantitative estimate of drug-likeness (QED) is 0.808. The molecule has 1 aliphatic carbocycles. The second kappa shape index (κ2) is 5.83. The average Bonchev–Trinajstić information content (AvgIpc) is 2.77. The first-order chi connectivity index (χ1) is 8.16. The molecule has 1 fully saturated rings. The largest absolute Gasteiger partial charge is 0.360 e. The van der Waals surface area contributed by atoms with E-state index in [1.54, 1.807) is 0 Å². The SMILES string of the molecule is Cc1c(Br)cccc1NC(=S)NC1CCCC1. The molecule has 0 bridgehead atoms. The third-order valence-electron chi connectivity index (χ3n) is 3.21. The maximum atomic E-state index is 5.34. The number of thiocarbonyl (C=S) groups is 1. The Morgan fingerprint density at radius 2 is 2.06 bits per heavy atom. The van der Waals surface area contributed by atoms with Crippen molar-refractivity contribution in [2.45, 2.75) is 38.6 Å². The highest BCUT2D eigenvalue weighted by molar-refractivity contribution is 9.10. The van der Waals surface area contributed by atoms with Crippen molar-refractivity contribution >= 4 is 38.9 Å². The third-order valence-corrected chi connectivity index (χ3v) is 4.29. The Morgan fingerprint density at radius 1 is 1.35 bits per heavy atom. The van der Waals surface area contributed by atoms with E-state index in [1.165, 1.54) is 31.2 Å². The number of rotatable bonds is 2. The van der Waals surface area contributed by atoms with Crippen LogP contribution in [-0.2, 0) is 0 Å². The normalized spacial score (nSPS) is 15.9. The molecule has 1 aromatic rings. The van der Waals surface area contributed by atoms with E-state index in [2.05, 4.69) is 33.5 Å². The van der Waals surface area contributed by atoms with E-state index in [-0.39, 0.29) is 0 Å². The molecule has 1 saturated carbocycles. The van der Waals surface area contributed by atoms with E-state index in [0.29, 0.717) is 6.04 Å². The summed E-state index contributed by atoms with van der Waals surface area (Å²) in [5.74, 6) is 0. The van der Waals surface area contributed by atoms with Gasteiger partial charge in [-0.1, -0.05) is 34.8 Å². The Morgan fingerprint density at radius 3 is 2.76 bits per heavy atom. The highest BCUT2D eigenvalue weighted by Gasteiger charge is 2.15. The molecule has 2 nitrogen and oxygen atoms in total. The molecular formula is C13H17BrN2S. The van der Waals surface area contributed by atoms with Crippen molar-refractivity contribution in [1.82, 2.24) is 5.32 Å². The zero-order chi connectivity index (χ0) is 12.3. The molecule has 2 N–H and O–H groups in total. The summed E-state index contributed by atoms with van der Waals surface area (Å²) in [6.45, 7) is 2.07. The van der Waals surface area contributed by atoms with Crippen molar-refractivity contribution < 1.29 is 0 Å². The molecule has 0 heterocycles. The van der Waals surface area contributed by atoms with Gasteiger partial charge in [-0.05, 0) is 49.7 Å². The number of hydrogen-bond donors (Lipinski definition) is 2. The summed E-state index contributed by atoms with van der Waals surface area (Å²) in [4.78, 5) is 0. The Bertz CT molecular complexity index is 414. The summed E-state index contributed by atoms with van der Waals surface area (Å²) < 4.78 is 1.10. The second-order valence-electron chi connectivity index (χ2n) is 4.49. The zero-order valence-electron chi connectivity index (χ0n) is 9.92. The van der Waals surface area contributed by atoms with Gasteiger partial charge in [0.25, 0.3) is 0 Å². The van der Waals surface area contributed by atoms with E-state index < -0.39 is 0 Å². The predicted molar refractivity (Wildman–Crippen MR) is 80.5 cm³/mol. The van der Waals surface area contributed by atoms with Gasteiger partial charge in [-0.15, -0.1) is 0 Å². The van der Waals surface area contributed by atoms with Crippen LogP contribution < -0.4 is 10.6 Å². The molecule has 0 saturated heterocycles. The summed E-state index contributed by atoms with van der Waals surface area (Å²) >= 11 is 8.86. The van der Waals surface area contributed by atoms with Gasteiger partial charge in [-0.2, -0.15) is 0 Å². The van der Waals surface area contributed by atoms with E-state index in [9.17, 15) is 0 Å². The van der Waals surface area contributed by atoms with Crippen molar-refractivity contribution in [1.29, 1.82) is 0 Å². The van der Waals surface area contributed by atoms with Gasteiger partial charge in [0.2, 0.25) is 0 Å². The smallest absolute Gasteiger partial charge is 0.171 e. The monoisotopic (exact) mass is 312 g/mol. The van der Waals surface area contributed by atoms with E-state index in [0.717, 1.165) is 15.3 Å². The van der Waals surface area contributed by atoms with Gasteiger partial charge >= 0.3 is 0 Å². The molecule has 4 heteroatoms. The first kappa shape index (κ1) is 12.8. The lowest BCUT2D eigenvalue weighted by atomic mass is 10.2. The fourth-order valence-electron chi connectivity index (χ4n) is 2.16. The lowest BCUT2D eigenvalue weighted by Crippen LogP contribution is -2.36. The number of anilines is 1. The summed E-state index contributed by atoms with van der Waals surface area (Å²) in [5.41, 5.74) is 2.25. The standard InChI is InChI=1S/C13H17BrN2S/c1-9-11(14)7-4-8-12(9)16-13(17)15-10-5-2-3-6-10/h4,7-8,10H,2-3,5-6H2,1H3,(H2,15,16,17). The van der Waals surface area contributed by atoms with Crippen molar-refractivity contribution in [3.05, 3.63) is 28.2 Å². The van der Waals surface area contributed by atoms with Gasteiger partial charge in [0.15, 0.2) is 5.11 Å². The molecule has 0 spiro atoms. The fourth-order valence-corrected chi connectivity index (χ4v) is 2.80. The molecule has 0 radical (unpaired) electrons. The molecule has 2 rings (SSSR count). The summed E-state index contributed by atoms with van der Waals surface area (Å²) in [6.07, 6.45) is 5.10. The molecule has 17 heavy (non-hydrogen) atoms. The number of halogens is 1. The van der Waals surface area contributed by atoms with Gasteiger partial charge < -0.3 is 10.6 Å². The van der Waals surface area contributed by atoms with Crippen molar-refractivity contribution in [3.8, 4) is 0 Å². The average molecular weight is 313 g/mol. The third kappa shape index (κ3) is 3.42. The van der Waals surface area contributed by atoms with Crippen LogP contribution in [0.1, 0.15) is 31.2 Å². The molecular weight excluding hydrogens is 296 g/mol. The number of nitrogens with one attached hydrogen (secondary N) is 2. The molecule has 0 unspecified atom stereocenters. The maximum Gasteiger partial charge on any atom is 0.171 e. The molecule has 0 aromatic heterocycles. The highest BCUT2D eigenvalue weighted by atomic mass is 79.9. The van der Waals surface area contributed by atoms with Crippen molar-refractivity contribution in [2.24, 2.45) is 0 Å². The number of hydrogen-bond acceptors (Lipinski definition) is 1. The van der Waals surface area contributed by atoms with Crippen LogP contribution in [0.4, 0.5) is 5.69 Å². The number of benzene rings is 1. The van der Waals surface area contributed by atoms with Crippen LogP contribution in [0.5, 0.6) is 0 Å². The maximum absolute atomic E-state index is 5.34. The lowest BCUT2D eigenvalue weighted by Gasteiger charge is -2.17. The molecule has 1 aromatic carbocycles. The molecule has 0 aliphatic heterocycles. The molecule has 0 atom stereocenters. The van der Waals surface area contributed by atoms with Crippen LogP contribution in [-0.4, -0.2) is 11.2 Å². The molecule has 1 aliphatic rings. The molecule has 0 amide bonds.